The Hall–Kier alpha value is -4.34. The molecule has 0 saturated heterocycles. The zero-order chi connectivity index (χ0) is 34.5. The number of aliphatic hydroxyl groups is 1. The Balaban J connectivity index is 1.58. The van der Waals surface area contributed by atoms with Gasteiger partial charge in [-0.15, -0.1) is 0 Å². The second-order valence-electron chi connectivity index (χ2n) is 11.3. The lowest BCUT2D eigenvalue weighted by Gasteiger charge is -2.33. The number of hydrogen-bond donors (Lipinski definition) is 3. The topological polar surface area (TPSA) is 138 Å². The number of carbonyl (C=O) groups excluding carboxylic acids is 2. The largest absolute Gasteiger partial charge is 0.497 e. The minimum Gasteiger partial charge on any atom is -0.497 e. The van der Waals surface area contributed by atoms with E-state index in [-0.39, 0.29) is 54.2 Å². The van der Waals surface area contributed by atoms with Crippen LogP contribution >= 0.6 is 0 Å². The lowest BCUT2D eigenvalue weighted by molar-refractivity contribution is -0.137. The van der Waals surface area contributed by atoms with Crippen LogP contribution in [0.3, 0.4) is 0 Å². The molecule has 4 rings (SSSR count). The van der Waals surface area contributed by atoms with Gasteiger partial charge in [0.15, 0.2) is 0 Å². The number of fused-ring (bicyclic) bond motifs is 1. The molecule has 3 amide bonds. The van der Waals surface area contributed by atoms with Crippen molar-refractivity contribution in [3.63, 3.8) is 0 Å². The van der Waals surface area contributed by atoms with Gasteiger partial charge in [-0.25, -0.2) is 13.2 Å². The maximum atomic E-state index is 13.5. The van der Waals surface area contributed by atoms with Crippen LogP contribution in [0.15, 0.2) is 71.6 Å². The van der Waals surface area contributed by atoms with E-state index in [2.05, 4.69) is 10.6 Å². The predicted molar refractivity (Wildman–Crippen MR) is 169 cm³/mol. The van der Waals surface area contributed by atoms with E-state index in [4.69, 9.17) is 9.47 Å². The molecule has 3 aromatic carbocycles. The third-order valence-electron chi connectivity index (χ3n) is 7.85. The normalized spacial score (nSPS) is 17.9. The van der Waals surface area contributed by atoms with Crippen molar-refractivity contribution in [3.8, 4) is 11.5 Å². The second kappa shape index (κ2) is 14.6. The number of ether oxygens (including phenoxy) is 2. The zero-order valence-corrected chi connectivity index (χ0v) is 27.1. The lowest BCUT2D eigenvalue weighted by atomic mass is 10.0. The molecule has 3 N–H and O–H groups in total. The maximum Gasteiger partial charge on any atom is 0.416 e. The average Bonchev–Trinajstić information content (AvgIpc) is 3.07. The van der Waals surface area contributed by atoms with Crippen LogP contribution in [0.4, 0.5) is 29.3 Å². The Bertz CT molecular complexity index is 1670. The number of hydrogen-bond acceptors (Lipinski definition) is 7. The van der Waals surface area contributed by atoms with Gasteiger partial charge >= 0.3 is 12.2 Å². The van der Waals surface area contributed by atoms with Crippen LogP contribution < -0.4 is 20.1 Å². The van der Waals surface area contributed by atoms with Crippen LogP contribution in [-0.4, -0.2) is 80.7 Å². The Morgan fingerprint density at radius 3 is 2.30 bits per heavy atom. The first-order chi connectivity index (χ1) is 22.1. The summed E-state index contributed by atoms with van der Waals surface area (Å²) in [5, 5.41) is 15.0. The van der Waals surface area contributed by atoms with Crippen LogP contribution in [-0.2, 0) is 27.4 Å². The van der Waals surface area contributed by atoms with E-state index in [0.717, 1.165) is 24.3 Å². The van der Waals surface area contributed by atoms with Crippen molar-refractivity contribution < 1.29 is 45.8 Å². The fourth-order valence-corrected chi connectivity index (χ4v) is 6.22. The summed E-state index contributed by atoms with van der Waals surface area (Å²) in [7, 11) is -1.01. The summed E-state index contributed by atoms with van der Waals surface area (Å²) < 4.78 is 78.2. The standard InChI is InChI=1S/C32H37F3N4O7S/c1-20-17-39(21(2)19-40)30(41)16-22-15-25(37-31(42)36-24-7-5-23(6-8-24)32(33,34)35)9-14-28(22)46-29(20)18-38(3)47(43,44)27-12-10-26(45-4)11-13-27/h5-15,20-21,29,40H,16-19H2,1-4H3,(H2,36,37,42)/t20-,21-,29-/m1/s1. The highest BCUT2D eigenvalue weighted by Gasteiger charge is 2.34. The molecule has 0 aliphatic carbocycles. The Morgan fingerprint density at radius 2 is 1.70 bits per heavy atom. The van der Waals surface area contributed by atoms with Crippen molar-refractivity contribution in [2.75, 3.05) is 44.5 Å². The SMILES string of the molecule is COc1ccc(S(=O)(=O)N(C)C[C@H]2Oc3ccc(NC(=O)Nc4ccc(C(F)(F)F)cc4)cc3CC(=O)N([C@H](C)CO)C[C@H]2C)cc1. The first-order valence-electron chi connectivity index (χ1n) is 14.7. The van der Waals surface area contributed by atoms with Gasteiger partial charge in [-0.2, -0.15) is 17.5 Å². The summed E-state index contributed by atoms with van der Waals surface area (Å²) in [6, 6.07) is 13.3. The summed E-state index contributed by atoms with van der Waals surface area (Å²) >= 11 is 0. The molecule has 1 aliphatic heterocycles. The van der Waals surface area contributed by atoms with Crippen LogP contribution in [0, 0.1) is 5.92 Å². The summed E-state index contributed by atoms with van der Waals surface area (Å²) in [4.78, 5) is 27.7. The average molecular weight is 679 g/mol. The van der Waals surface area contributed by atoms with Crippen LogP contribution in [0.25, 0.3) is 0 Å². The van der Waals surface area contributed by atoms with Gasteiger partial charge in [-0.05, 0) is 73.7 Å². The van der Waals surface area contributed by atoms with E-state index in [0.29, 0.717) is 17.1 Å². The quantitative estimate of drug-likeness (QED) is 0.295. The number of amides is 3. The van der Waals surface area contributed by atoms with Crippen molar-refractivity contribution in [1.82, 2.24) is 9.21 Å². The fourth-order valence-electron chi connectivity index (χ4n) is 5.04. The van der Waals surface area contributed by atoms with Gasteiger partial charge in [0.25, 0.3) is 0 Å². The third-order valence-corrected chi connectivity index (χ3v) is 9.69. The number of nitrogens with zero attached hydrogens (tertiary/aromatic N) is 2. The number of aliphatic hydroxyl groups excluding tert-OH is 1. The molecular formula is C32H37F3N4O7S. The van der Waals surface area contributed by atoms with Gasteiger partial charge < -0.3 is 30.1 Å². The maximum absolute atomic E-state index is 13.5. The number of anilines is 2. The Labute approximate surface area is 271 Å². The highest BCUT2D eigenvalue weighted by atomic mass is 32.2. The number of methoxy groups -OCH3 is 1. The molecule has 0 aromatic heterocycles. The monoisotopic (exact) mass is 678 g/mol. The number of sulfonamides is 1. The predicted octanol–water partition coefficient (Wildman–Crippen LogP) is 4.83. The number of urea groups is 1. The van der Waals surface area contributed by atoms with Crippen LogP contribution in [0.2, 0.25) is 0 Å². The molecule has 3 atom stereocenters. The number of carbonyl (C=O) groups is 2. The van der Waals surface area contributed by atoms with Crippen molar-refractivity contribution in [3.05, 3.63) is 77.9 Å². The lowest BCUT2D eigenvalue weighted by Crippen LogP contribution is -2.48. The molecular weight excluding hydrogens is 641 g/mol. The van der Waals surface area contributed by atoms with E-state index >= 15 is 0 Å². The first-order valence-corrected chi connectivity index (χ1v) is 16.1. The molecule has 0 bridgehead atoms. The van der Waals surface area contributed by atoms with Crippen molar-refractivity contribution in [2.45, 2.75) is 43.5 Å². The molecule has 3 aromatic rings. The molecule has 254 valence electrons. The number of alkyl halides is 3. The Morgan fingerprint density at radius 1 is 1.09 bits per heavy atom. The van der Waals surface area contributed by atoms with Crippen molar-refractivity contribution in [2.24, 2.45) is 5.92 Å². The minimum absolute atomic E-state index is 0.0629. The minimum atomic E-state index is -4.51. The van der Waals surface area contributed by atoms with Crippen molar-refractivity contribution >= 4 is 33.3 Å². The summed E-state index contributed by atoms with van der Waals surface area (Å²) in [6.45, 7) is 3.34. The molecule has 0 unspecified atom stereocenters. The van der Waals surface area contributed by atoms with Crippen molar-refractivity contribution in [1.29, 1.82) is 0 Å². The van der Waals surface area contributed by atoms with Gasteiger partial charge in [0.1, 0.15) is 17.6 Å². The van der Waals surface area contributed by atoms with Crippen LogP contribution in [0.5, 0.6) is 11.5 Å². The number of halogens is 3. The fraction of sp³-hybridized carbons (Fsp3) is 0.375. The zero-order valence-electron chi connectivity index (χ0n) is 26.2. The molecule has 11 nitrogen and oxygen atoms in total. The number of benzene rings is 3. The Kier molecular flexibility index (Phi) is 11.0. The van der Waals surface area contributed by atoms with E-state index in [1.165, 1.54) is 47.6 Å². The summed E-state index contributed by atoms with van der Waals surface area (Å²) in [6.07, 6.45) is -5.38. The number of nitrogens with one attached hydrogen (secondary N) is 2. The van der Waals surface area contributed by atoms with E-state index in [1.807, 2.05) is 6.92 Å². The van der Waals surface area contributed by atoms with Gasteiger partial charge in [0, 0.05) is 36.4 Å². The van der Waals surface area contributed by atoms with Crippen LogP contribution in [0.1, 0.15) is 25.0 Å². The number of likely N-dealkylation sites (N-methyl/N-ethyl adjacent to an activating group) is 1. The second-order valence-corrected chi connectivity index (χ2v) is 13.4. The molecule has 0 spiro atoms. The van der Waals surface area contributed by atoms with Gasteiger partial charge in [0.2, 0.25) is 15.9 Å². The summed E-state index contributed by atoms with van der Waals surface area (Å²) in [5.41, 5.74) is -0.0463. The molecule has 1 heterocycles. The summed E-state index contributed by atoms with van der Waals surface area (Å²) in [5.74, 6) is 0.122. The molecule has 47 heavy (non-hydrogen) atoms. The molecule has 1 aliphatic rings. The van der Waals surface area contributed by atoms with Gasteiger partial charge in [-0.1, -0.05) is 6.92 Å². The number of rotatable bonds is 9. The molecule has 15 heteroatoms. The highest BCUT2D eigenvalue weighted by Crippen LogP contribution is 2.31. The first kappa shape index (κ1) is 35.5. The van der Waals surface area contributed by atoms with Gasteiger partial charge in [0.05, 0.1) is 43.2 Å². The smallest absolute Gasteiger partial charge is 0.416 e. The third kappa shape index (κ3) is 8.73. The molecule has 0 fully saturated rings. The van der Waals surface area contributed by atoms with E-state index in [9.17, 15) is 36.3 Å². The molecule has 0 radical (unpaired) electrons. The van der Waals surface area contributed by atoms with E-state index in [1.54, 1.807) is 25.1 Å². The highest BCUT2D eigenvalue weighted by molar-refractivity contribution is 7.89. The van der Waals surface area contributed by atoms with E-state index < -0.39 is 39.9 Å². The molecule has 0 saturated carbocycles. The van der Waals surface area contributed by atoms with Gasteiger partial charge in [-0.3, -0.25) is 4.79 Å².